The Labute approximate surface area is 222 Å². The van der Waals surface area contributed by atoms with Crippen molar-refractivity contribution < 1.29 is 14.3 Å². The maximum atomic E-state index is 13.2. The minimum atomic E-state index is -0.165. The third-order valence-corrected chi connectivity index (χ3v) is 8.49. The number of aromatic nitrogens is 3. The number of piperidine rings is 1. The molecule has 2 aromatic carbocycles. The first kappa shape index (κ1) is 24.6. The first-order valence-electron chi connectivity index (χ1n) is 13.4. The molecular formula is C29H34N6O3. The third kappa shape index (κ3) is 4.67. The number of hydrogen-bond donors (Lipinski definition) is 1. The number of fused-ring (bicyclic) bond motifs is 1. The average Bonchev–Trinajstić information content (AvgIpc) is 3.58. The highest BCUT2D eigenvalue weighted by Gasteiger charge is 2.48. The van der Waals surface area contributed by atoms with E-state index in [4.69, 9.17) is 4.74 Å². The molecule has 198 valence electrons. The number of methoxy groups -OCH3 is 1. The average molecular weight is 515 g/mol. The van der Waals surface area contributed by atoms with Crippen molar-refractivity contribution in [3.63, 3.8) is 0 Å². The zero-order valence-corrected chi connectivity index (χ0v) is 22.0. The van der Waals surface area contributed by atoms with Crippen LogP contribution in [0.3, 0.4) is 0 Å². The summed E-state index contributed by atoms with van der Waals surface area (Å²) >= 11 is 0. The number of carbonyl (C=O) groups is 2. The van der Waals surface area contributed by atoms with Crippen LogP contribution in [0.15, 0.2) is 48.8 Å². The number of hydrogen-bond acceptors (Lipinski definition) is 6. The van der Waals surface area contributed by atoms with Gasteiger partial charge in [-0.05, 0) is 66.0 Å². The Balaban J connectivity index is 1.04. The Kier molecular flexibility index (Phi) is 6.39. The lowest BCUT2D eigenvalue weighted by Gasteiger charge is -2.56. The summed E-state index contributed by atoms with van der Waals surface area (Å²) in [6.07, 6.45) is 8.01. The van der Waals surface area contributed by atoms with E-state index in [-0.39, 0.29) is 18.2 Å². The summed E-state index contributed by atoms with van der Waals surface area (Å²) in [5.74, 6) is 0.598. The largest absolute Gasteiger partial charge is 0.497 e. The lowest BCUT2D eigenvalue weighted by Crippen LogP contribution is -2.61. The highest BCUT2D eigenvalue weighted by molar-refractivity contribution is 5.91. The Hall–Kier alpha value is -3.72. The Bertz CT molecular complexity index is 1340. The van der Waals surface area contributed by atoms with E-state index < -0.39 is 0 Å². The minimum Gasteiger partial charge on any atom is -0.497 e. The number of anilines is 1. The molecule has 38 heavy (non-hydrogen) atoms. The molecule has 1 N–H and O–H groups in total. The smallest absolute Gasteiger partial charge is 0.227 e. The number of nitrogens with zero attached hydrogens (tertiary/aromatic N) is 5. The van der Waals surface area contributed by atoms with Crippen LogP contribution >= 0.6 is 0 Å². The number of benzene rings is 2. The van der Waals surface area contributed by atoms with Gasteiger partial charge in [0.05, 0.1) is 31.6 Å². The summed E-state index contributed by atoms with van der Waals surface area (Å²) in [7, 11) is 1.59. The maximum Gasteiger partial charge on any atom is 0.227 e. The molecule has 2 saturated heterocycles. The zero-order valence-electron chi connectivity index (χ0n) is 22.0. The summed E-state index contributed by atoms with van der Waals surface area (Å²) < 4.78 is 5.28. The number of rotatable bonds is 6. The number of amides is 2. The van der Waals surface area contributed by atoms with Gasteiger partial charge in [-0.2, -0.15) is 15.0 Å². The molecule has 1 aliphatic carbocycles. The van der Waals surface area contributed by atoms with Crippen molar-refractivity contribution in [1.82, 2.24) is 24.8 Å². The molecule has 0 saturated carbocycles. The molecule has 3 aliphatic rings. The van der Waals surface area contributed by atoms with Gasteiger partial charge in [0.1, 0.15) is 5.75 Å². The molecule has 1 unspecified atom stereocenters. The second-order valence-corrected chi connectivity index (χ2v) is 10.9. The van der Waals surface area contributed by atoms with Gasteiger partial charge in [0.2, 0.25) is 11.8 Å². The molecular weight excluding hydrogens is 480 g/mol. The summed E-state index contributed by atoms with van der Waals surface area (Å²) in [5.41, 5.74) is 5.64. The number of nitrogens with one attached hydrogen (secondary N) is 1. The fraction of sp³-hybridized carbons (Fsp3) is 0.448. The van der Waals surface area contributed by atoms with Crippen molar-refractivity contribution in [1.29, 1.82) is 0 Å². The van der Waals surface area contributed by atoms with E-state index in [0.29, 0.717) is 22.9 Å². The normalized spacial score (nSPS) is 20.2. The minimum absolute atomic E-state index is 0.111. The molecule has 2 amide bonds. The van der Waals surface area contributed by atoms with E-state index in [1.807, 2.05) is 17.0 Å². The molecule has 3 aromatic rings. The zero-order chi connectivity index (χ0) is 26.3. The summed E-state index contributed by atoms with van der Waals surface area (Å²) in [6.45, 7) is 5.26. The van der Waals surface area contributed by atoms with Crippen LogP contribution in [-0.4, -0.2) is 69.9 Å². The van der Waals surface area contributed by atoms with Gasteiger partial charge in [-0.25, -0.2) is 0 Å². The number of ether oxygens (including phenoxy) is 1. The first-order valence-corrected chi connectivity index (χ1v) is 13.4. The fourth-order valence-corrected chi connectivity index (χ4v) is 6.43. The van der Waals surface area contributed by atoms with Gasteiger partial charge in [-0.15, -0.1) is 0 Å². The SMILES string of the molecule is COc1ccc(CC(=O)N2CCC3(CC2)CN(C2CCc4cc(-n5nccn5)ccc42)C3)c(NC(C)=O)c1. The molecule has 1 atom stereocenters. The van der Waals surface area contributed by atoms with Crippen molar-refractivity contribution >= 4 is 17.5 Å². The van der Waals surface area contributed by atoms with Crippen LogP contribution in [-0.2, 0) is 22.4 Å². The van der Waals surface area contributed by atoms with Gasteiger partial charge in [0.15, 0.2) is 0 Å². The quantitative estimate of drug-likeness (QED) is 0.542. The molecule has 0 bridgehead atoms. The van der Waals surface area contributed by atoms with Crippen LogP contribution in [0.5, 0.6) is 5.75 Å². The topological polar surface area (TPSA) is 92.6 Å². The molecule has 9 nitrogen and oxygen atoms in total. The molecule has 3 heterocycles. The third-order valence-electron chi connectivity index (χ3n) is 8.49. The van der Waals surface area contributed by atoms with E-state index in [0.717, 1.165) is 63.1 Å². The van der Waals surface area contributed by atoms with Gasteiger partial charge >= 0.3 is 0 Å². The highest BCUT2D eigenvalue weighted by Crippen LogP contribution is 2.48. The van der Waals surface area contributed by atoms with E-state index in [1.165, 1.54) is 18.1 Å². The predicted molar refractivity (Wildman–Crippen MR) is 143 cm³/mol. The van der Waals surface area contributed by atoms with E-state index >= 15 is 0 Å². The molecule has 1 spiro atoms. The van der Waals surface area contributed by atoms with Gasteiger partial charge in [0, 0.05) is 50.9 Å². The Morgan fingerprint density at radius 3 is 2.55 bits per heavy atom. The van der Waals surface area contributed by atoms with E-state index in [1.54, 1.807) is 30.4 Å². The molecule has 1 aromatic heterocycles. The van der Waals surface area contributed by atoms with E-state index in [2.05, 4.69) is 38.6 Å². The number of aryl methyl sites for hydroxylation is 1. The summed E-state index contributed by atoms with van der Waals surface area (Å²) in [5, 5.41) is 11.4. The van der Waals surface area contributed by atoms with Crippen molar-refractivity contribution in [3.05, 3.63) is 65.5 Å². The summed E-state index contributed by atoms with van der Waals surface area (Å²) in [4.78, 5) is 31.1. The van der Waals surface area contributed by atoms with Crippen LogP contribution in [0.2, 0.25) is 0 Å². The van der Waals surface area contributed by atoms with Gasteiger partial charge in [0.25, 0.3) is 0 Å². The molecule has 2 aliphatic heterocycles. The Morgan fingerprint density at radius 1 is 1.08 bits per heavy atom. The second-order valence-electron chi connectivity index (χ2n) is 10.9. The Morgan fingerprint density at radius 2 is 1.84 bits per heavy atom. The summed E-state index contributed by atoms with van der Waals surface area (Å²) in [6, 6.07) is 12.6. The lowest BCUT2D eigenvalue weighted by atomic mass is 9.71. The van der Waals surface area contributed by atoms with Gasteiger partial charge < -0.3 is 15.0 Å². The maximum absolute atomic E-state index is 13.2. The van der Waals surface area contributed by atoms with Gasteiger partial charge in [-0.3, -0.25) is 14.5 Å². The number of carbonyl (C=O) groups excluding carboxylic acids is 2. The van der Waals surface area contributed by atoms with E-state index in [9.17, 15) is 9.59 Å². The van der Waals surface area contributed by atoms with Crippen molar-refractivity contribution in [2.24, 2.45) is 5.41 Å². The molecule has 6 rings (SSSR count). The molecule has 0 radical (unpaired) electrons. The number of likely N-dealkylation sites (tertiary alicyclic amines) is 2. The highest BCUT2D eigenvalue weighted by atomic mass is 16.5. The molecule has 9 heteroatoms. The fourth-order valence-electron chi connectivity index (χ4n) is 6.43. The molecule has 2 fully saturated rings. The van der Waals surface area contributed by atoms with Crippen molar-refractivity contribution in [2.75, 3.05) is 38.6 Å². The standard InChI is InChI=1S/C29H34N6O3/c1-20(36)32-26-17-24(38-2)6-3-22(26)16-28(37)33-13-9-29(10-14-33)18-34(19-29)27-8-4-21-15-23(5-7-25(21)27)35-30-11-12-31-35/h3,5-7,11-12,15,17,27H,4,8-10,13-14,16,18-19H2,1-2H3,(H,32,36). The van der Waals surface area contributed by atoms with Crippen LogP contribution < -0.4 is 10.1 Å². The lowest BCUT2D eigenvalue weighted by molar-refractivity contribution is -0.136. The van der Waals surface area contributed by atoms with Gasteiger partial charge in [-0.1, -0.05) is 12.1 Å². The van der Waals surface area contributed by atoms with Crippen LogP contribution in [0, 0.1) is 5.41 Å². The second kappa shape index (κ2) is 9.87. The monoisotopic (exact) mass is 514 g/mol. The predicted octanol–water partition coefficient (Wildman–Crippen LogP) is 3.39. The van der Waals surface area contributed by atoms with Crippen LogP contribution in [0.25, 0.3) is 5.69 Å². The van der Waals surface area contributed by atoms with Crippen molar-refractivity contribution in [2.45, 2.75) is 45.1 Å². The first-order chi connectivity index (χ1) is 18.4. The van der Waals surface area contributed by atoms with Crippen LogP contribution in [0.4, 0.5) is 5.69 Å². The van der Waals surface area contributed by atoms with Crippen molar-refractivity contribution in [3.8, 4) is 11.4 Å². The van der Waals surface area contributed by atoms with Crippen LogP contribution in [0.1, 0.15) is 48.9 Å².